The Balaban J connectivity index is 2.14. The van der Waals surface area contributed by atoms with E-state index in [2.05, 4.69) is 15.3 Å². The van der Waals surface area contributed by atoms with Crippen LogP contribution in [0.25, 0.3) is 0 Å². The number of hydrogen-bond donors (Lipinski definition) is 5. The summed E-state index contributed by atoms with van der Waals surface area (Å²) in [5.74, 6) is -3.55. The first kappa shape index (κ1) is 22.8. The van der Waals surface area contributed by atoms with Crippen molar-refractivity contribution >= 4 is 47.1 Å². The van der Waals surface area contributed by atoms with Crippen LogP contribution in [0.4, 0.5) is 5.13 Å². The molecule has 6 N–H and O–H groups in total. The number of nitrogens with zero attached hydrogens (tertiary/aromatic N) is 2. The van der Waals surface area contributed by atoms with Gasteiger partial charge in [0.1, 0.15) is 11.4 Å². The van der Waals surface area contributed by atoms with Crippen molar-refractivity contribution in [3.8, 4) is 0 Å². The minimum atomic E-state index is -1.38. The van der Waals surface area contributed by atoms with Crippen molar-refractivity contribution < 1.29 is 34.3 Å². The second kappa shape index (κ2) is 9.33. The fraction of sp³-hybridized carbons (Fsp3) is 0.562. The van der Waals surface area contributed by atoms with Crippen LogP contribution in [0.1, 0.15) is 38.8 Å². The number of nitrogens with one attached hydrogen (secondary N) is 1. The number of rotatable bonds is 8. The van der Waals surface area contributed by atoms with Gasteiger partial charge in [-0.05, 0) is 26.7 Å². The summed E-state index contributed by atoms with van der Waals surface area (Å²) in [4.78, 5) is 43.1. The molecule has 13 heteroatoms. The molecule has 2 heterocycles. The molecule has 158 valence electrons. The van der Waals surface area contributed by atoms with Crippen LogP contribution in [0.3, 0.4) is 0 Å². The van der Waals surface area contributed by atoms with E-state index in [1.54, 1.807) is 0 Å². The summed E-state index contributed by atoms with van der Waals surface area (Å²) in [5.41, 5.74) is 4.51. The summed E-state index contributed by atoms with van der Waals surface area (Å²) in [7, 11) is -1.38. The van der Waals surface area contributed by atoms with Crippen molar-refractivity contribution in [3.63, 3.8) is 0 Å². The van der Waals surface area contributed by atoms with E-state index in [-0.39, 0.29) is 29.5 Å². The Morgan fingerprint density at radius 2 is 2.10 bits per heavy atom. The first-order chi connectivity index (χ1) is 13.5. The SMILES string of the molecule is CC(C)(CN=C(C(=O)N[C@H]1CC[C@@H](CC(=O)O)OB1O)c1csc(N)n1)C(=O)O. The first-order valence-corrected chi connectivity index (χ1v) is 9.73. The molecule has 0 radical (unpaired) electrons. The Morgan fingerprint density at radius 3 is 2.62 bits per heavy atom. The van der Waals surface area contributed by atoms with Gasteiger partial charge in [-0.25, -0.2) is 4.98 Å². The molecule has 1 fully saturated rings. The lowest BCUT2D eigenvalue weighted by atomic mass is 9.72. The van der Waals surface area contributed by atoms with E-state index in [0.29, 0.717) is 12.8 Å². The molecule has 0 spiro atoms. The maximum atomic E-state index is 12.8. The van der Waals surface area contributed by atoms with E-state index in [1.807, 2.05) is 0 Å². The molecule has 1 aliphatic heterocycles. The Labute approximate surface area is 171 Å². The molecule has 2 rings (SSSR count). The van der Waals surface area contributed by atoms with Crippen LogP contribution in [-0.2, 0) is 19.0 Å². The maximum Gasteiger partial charge on any atom is 0.478 e. The predicted molar refractivity (Wildman–Crippen MR) is 106 cm³/mol. The molecule has 2 atom stereocenters. The summed E-state index contributed by atoms with van der Waals surface area (Å²) in [6.45, 7) is 2.78. The number of hydrogen-bond acceptors (Lipinski definition) is 9. The zero-order valence-corrected chi connectivity index (χ0v) is 16.8. The van der Waals surface area contributed by atoms with Crippen molar-refractivity contribution in [1.29, 1.82) is 0 Å². The third-order valence-electron chi connectivity index (χ3n) is 4.39. The molecule has 1 aromatic heterocycles. The van der Waals surface area contributed by atoms with Crippen LogP contribution in [0.5, 0.6) is 0 Å². The molecule has 0 bridgehead atoms. The molecule has 1 amide bonds. The van der Waals surface area contributed by atoms with Gasteiger partial charge in [-0.1, -0.05) is 0 Å². The summed E-state index contributed by atoms with van der Waals surface area (Å²) in [6, 6.07) is 0. The second-order valence-electron chi connectivity index (χ2n) is 7.33. The molecule has 1 aliphatic rings. The van der Waals surface area contributed by atoms with Crippen LogP contribution < -0.4 is 11.1 Å². The van der Waals surface area contributed by atoms with E-state index in [1.165, 1.54) is 19.2 Å². The number of carbonyl (C=O) groups is 3. The van der Waals surface area contributed by atoms with Crippen molar-refractivity contribution in [1.82, 2.24) is 10.3 Å². The summed E-state index contributed by atoms with van der Waals surface area (Å²) >= 11 is 1.10. The molecule has 1 aromatic rings. The predicted octanol–water partition coefficient (Wildman–Crippen LogP) is -0.217. The van der Waals surface area contributed by atoms with Crippen molar-refractivity contribution in [2.24, 2.45) is 10.4 Å². The van der Waals surface area contributed by atoms with Gasteiger partial charge < -0.3 is 30.9 Å². The van der Waals surface area contributed by atoms with Crippen molar-refractivity contribution in [2.75, 3.05) is 12.3 Å². The lowest BCUT2D eigenvalue weighted by Crippen LogP contribution is -2.54. The van der Waals surface area contributed by atoms with Crippen LogP contribution in [-0.4, -0.2) is 69.5 Å². The number of thiazole rings is 1. The highest BCUT2D eigenvalue weighted by Crippen LogP contribution is 2.20. The number of carbonyl (C=O) groups excluding carboxylic acids is 1. The summed E-state index contributed by atoms with van der Waals surface area (Å²) in [5, 5.41) is 32.5. The number of aromatic nitrogens is 1. The summed E-state index contributed by atoms with van der Waals surface area (Å²) < 4.78 is 5.25. The highest BCUT2D eigenvalue weighted by molar-refractivity contribution is 7.13. The fourth-order valence-corrected chi connectivity index (χ4v) is 3.15. The van der Waals surface area contributed by atoms with Gasteiger partial charge in [0.15, 0.2) is 5.13 Å². The van der Waals surface area contributed by atoms with Crippen LogP contribution in [0, 0.1) is 5.41 Å². The fourth-order valence-electron chi connectivity index (χ4n) is 2.60. The molecule has 29 heavy (non-hydrogen) atoms. The second-order valence-corrected chi connectivity index (χ2v) is 8.22. The van der Waals surface area contributed by atoms with E-state index < -0.39 is 42.4 Å². The number of aliphatic carboxylic acids is 2. The van der Waals surface area contributed by atoms with Gasteiger partial charge in [-0.15, -0.1) is 11.3 Å². The standard InChI is InChI=1S/C16H23BN4O7S/c1-16(2,14(25)26)7-19-12(9-6-29-15(18)20-9)13(24)21-10-4-3-8(5-11(22)23)28-17(10)27/h6,8,10,27H,3-5,7H2,1-2H3,(H2,18,20)(H,21,24)(H,22,23)(H,25,26)/t8-,10-/m0/s1. The van der Waals surface area contributed by atoms with Gasteiger partial charge in [0, 0.05) is 5.38 Å². The van der Waals surface area contributed by atoms with Crippen molar-refractivity contribution in [3.05, 3.63) is 11.1 Å². The van der Waals surface area contributed by atoms with Crippen LogP contribution >= 0.6 is 11.3 Å². The molecule has 11 nitrogen and oxygen atoms in total. The van der Waals surface area contributed by atoms with Crippen molar-refractivity contribution in [2.45, 2.75) is 45.2 Å². The lowest BCUT2D eigenvalue weighted by molar-refractivity contribution is -0.146. The lowest BCUT2D eigenvalue weighted by Gasteiger charge is -2.31. The number of nitrogens with two attached hydrogens (primary N) is 1. The number of carboxylic acid groups (broad SMARTS) is 2. The minimum Gasteiger partial charge on any atom is -0.481 e. The van der Waals surface area contributed by atoms with Gasteiger partial charge in [0.25, 0.3) is 5.91 Å². The Morgan fingerprint density at radius 1 is 1.41 bits per heavy atom. The van der Waals surface area contributed by atoms with Crippen LogP contribution in [0.15, 0.2) is 10.4 Å². The smallest absolute Gasteiger partial charge is 0.478 e. The quantitative estimate of drug-likeness (QED) is 0.277. The number of anilines is 1. The average molecular weight is 426 g/mol. The number of aliphatic imine (C=N–C) groups is 1. The van der Waals surface area contributed by atoms with Gasteiger partial charge in [-0.3, -0.25) is 19.4 Å². The highest BCUT2D eigenvalue weighted by Gasteiger charge is 2.38. The highest BCUT2D eigenvalue weighted by atomic mass is 32.1. The van der Waals surface area contributed by atoms with E-state index in [4.69, 9.17) is 15.5 Å². The number of amides is 1. The zero-order chi connectivity index (χ0) is 21.8. The molecule has 0 unspecified atom stereocenters. The minimum absolute atomic E-state index is 0.105. The average Bonchev–Trinajstić information content (AvgIpc) is 3.03. The first-order valence-electron chi connectivity index (χ1n) is 8.85. The van der Waals surface area contributed by atoms with E-state index >= 15 is 0 Å². The number of carboxylic acids is 2. The third kappa shape index (κ3) is 6.24. The zero-order valence-electron chi connectivity index (χ0n) is 16.0. The number of nitrogen functional groups attached to an aromatic ring is 1. The van der Waals surface area contributed by atoms with Gasteiger partial charge in [0.2, 0.25) is 0 Å². The molecular weight excluding hydrogens is 403 g/mol. The van der Waals surface area contributed by atoms with Gasteiger partial charge in [-0.2, -0.15) is 0 Å². The van der Waals surface area contributed by atoms with E-state index in [0.717, 1.165) is 11.3 Å². The normalized spacial score (nSPS) is 20.4. The van der Waals surface area contributed by atoms with Gasteiger partial charge in [0.05, 0.1) is 30.4 Å². The Bertz CT molecular complexity index is 813. The van der Waals surface area contributed by atoms with Crippen LogP contribution in [0.2, 0.25) is 0 Å². The summed E-state index contributed by atoms with van der Waals surface area (Å²) in [6.07, 6.45) is -0.236. The topological polar surface area (TPSA) is 184 Å². The van der Waals surface area contributed by atoms with E-state index in [9.17, 15) is 24.5 Å². The molecular formula is C16H23BN4O7S. The Kier molecular flexibility index (Phi) is 7.33. The Hall–Kier alpha value is -2.51. The maximum absolute atomic E-state index is 12.8. The monoisotopic (exact) mass is 426 g/mol. The molecule has 0 aromatic carbocycles. The largest absolute Gasteiger partial charge is 0.481 e. The van der Waals surface area contributed by atoms with Gasteiger partial charge >= 0.3 is 19.1 Å². The third-order valence-corrected chi connectivity index (χ3v) is 5.06. The molecule has 0 aliphatic carbocycles. The molecule has 1 saturated heterocycles. The molecule has 0 saturated carbocycles.